The Bertz CT molecular complexity index is 1130. The van der Waals surface area contributed by atoms with E-state index < -0.39 is 17.9 Å². The first-order valence-electron chi connectivity index (χ1n) is 9.93. The fourth-order valence-electron chi connectivity index (χ4n) is 3.68. The number of imide groups is 1. The Morgan fingerprint density at radius 3 is 2.06 bits per heavy atom. The number of nitrogens with zero attached hydrogens (tertiary/aromatic N) is 2. The number of carbonyl (C=O) groups is 2. The molecular weight excluding hydrogens is 408 g/mol. The molecule has 0 bridgehead atoms. The monoisotopic (exact) mass is 432 g/mol. The van der Waals surface area contributed by atoms with Crippen molar-refractivity contribution in [3.05, 3.63) is 70.3 Å². The van der Waals surface area contributed by atoms with Crippen LogP contribution in [-0.2, 0) is 9.59 Å². The molecule has 7 heteroatoms. The van der Waals surface area contributed by atoms with Gasteiger partial charge in [0.15, 0.2) is 11.5 Å². The lowest BCUT2D eigenvalue weighted by atomic mass is 9.91. The van der Waals surface area contributed by atoms with Gasteiger partial charge in [0.05, 0.1) is 27.4 Å². The van der Waals surface area contributed by atoms with Crippen molar-refractivity contribution in [1.82, 2.24) is 4.90 Å². The van der Waals surface area contributed by atoms with Crippen molar-refractivity contribution in [3.63, 3.8) is 0 Å². The number of ether oxygens (including phenoxy) is 3. The number of rotatable bonds is 6. The predicted octanol–water partition coefficient (Wildman–Crippen LogP) is 4.07. The Kier molecular flexibility index (Phi) is 6.64. The molecule has 2 aromatic carbocycles. The van der Waals surface area contributed by atoms with E-state index in [0.29, 0.717) is 28.4 Å². The summed E-state index contributed by atoms with van der Waals surface area (Å²) < 4.78 is 16.1. The molecule has 7 nitrogen and oxygen atoms in total. The molecule has 0 spiro atoms. The average molecular weight is 432 g/mol. The second kappa shape index (κ2) is 9.40. The van der Waals surface area contributed by atoms with Crippen LogP contribution < -0.4 is 14.2 Å². The van der Waals surface area contributed by atoms with Gasteiger partial charge >= 0.3 is 0 Å². The average Bonchev–Trinajstić information content (AvgIpc) is 2.81. The van der Waals surface area contributed by atoms with E-state index in [9.17, 15) is 14.9 Å². The summed E-state index contributed by atoms with van der Waals surface area (Å²) >= 11 is 0. The van der Waals surface area contributed by atoms with E-state index in [1.165, 1.54) is 21.3 Å². The Hall–Kier alpha value is -4.05. The summed E-state index contributed by atoms with van der Waals surface area (Å²) in [5, 5.41) is 9.65. The van der Waals surface area contributed by atoms with Gasteiger partial charge in [0, 0.05) is 5.57 Å². The van der Waals surface area contributed by atoms with E-state index in [4.69, 9.17) is 14.2 Å². The van der Waals surface area contributed by atoms with Crippen molar-refractivity contribution >= 4 is 17.9 Å². The fraction of sp³-hybridized carbons (Fsp3) is 0.240. The number of hydrogen-bond donors (Lipinski definition) is 0. The predicted molar refractivity (Wildman–Crippen MR) is 119 cm³/mol. The Morgan fingerprint density at radius 1 is 0.969 bits per heavy atom. The van der Waals surface area contributed by atoms with Crippen LogP contribution in [-0.4, -0.2) is 38.0 Å². The lowest BCUT2D eigenvalue weighted by Crippen LogP contribution is -2.44. The highest BCUT2D eigenvalue weighted by Gasteiger charge is 2.38. The molecule has 1 aliphatic heterocycles. The smallest absolute Gasteiger partial charge is 0.272 e. The Balaban J connectivity index is 2.16. The summed E-state index contributed by atoms with van der Waals surface area (Å²) in [5.74, 6) is 0.195. The quantitative estimate of drug-likeness (QED) is 0.505. The first kappa shape index (κ1) is 22.6. The molecule has 2 amide bonds. The Morgan fingerprint density at radius 2 is 1.56 bits per heavy atom. The lowest BCUT2D eigenvalue weighted by Gasteiger charge is -2.32. The molecule has 164 valence electrons. The number of benzene rings is 2. The van der Waals surface area contributed by atoms with E-state index in [0.717, 1.165) is 10.5 Å². The normalized spacial score (nSPS) is 16.1. The third-order valence-electron chi connectivity index (χ3n) is 5.44. The van der Waals surface area contributed by atoms with Gasteiger partial charge in [0.25, 0.3) is 11.8 Å². The van der Waals surface area contributed by atoms with Crippen LogP contribution in [0.15, 0.2) is 59.2 Å². The second-order valence-electron chi connectivity index (χ2n) is 7.20. The van der Waals surface area contributed by atoms with Gasteiger partial charge in [0.2, 0.25) is 5.75 Å². The number of carbonyl (C=O) groups excluding carboxylic acids is 2. The van der Waals surface area contributed by atoms with Gasteiger partial charge in [-0.1, -0.05) is 30.3 Å². The van der Waals surface area contributed by atoms with Crippen LogP contribution in [0.25, 0.3) is 6.08 Å². The van der Waals surface area contributed by atoms with Crippen molar-refractivity contribution in [2.75, 3.05) is 21.3 Å². The summed E-state index contributed by atoms with van der Waals surface area (Å²) in [7, 11) is 4.51. The minimum absolute atomic E-state index is 0.0638. The van der Waals surface area contributed by atoms with Crippen molar-refractivity contribution in [1.29, 1.82) is 5.26 Å². The van der Waals surface area contributed by atoms with Crippen molar-refractivity contribution in [3.8, 4) is 23.3 Å². The largest absolute Gasteiger partial charge is 0.493 e. The second-order valence-corrected chi connectivity index (χ2v) is 7.20. The maximum Gasteiger partial charge on any atom is 0.272 e. The zero-order valence-electron chi connectivity index (χ0n) is 18.6. The maximum atomic E-state index is 13.5. The molecule has 32 heavy (non-hydrogen) atoms. The molecular formula is C25H24N2O5. The highest BCUT2D eigenvalue weighted by molar-refractivity contribution is 6.20. The SMILES string of the molecule is COc1cc(/C=C2/C(=O)N(C(C)c3ccccc3)C(=O)C(C#N)=C2C)cc(OC)c1OC. The van der Waals surface area contributed by atoms with E-state index >= 15 is 0 Å². The molecule has 1 heterocycles. The third-order valence-corrected chi connectivity index (χ3v) is 5.44. The van der Waals surface area contributed by atoms with Crippen LogP contribution in [0, 0.1) is 11.3 Å². The minimum Gasteiger partial charge on any atom is -0.493 e. The van der Waals surface area contributed by atoms with Crippen LogP contribution in [0.5, 0.6) is 17.2 Å². The molecule has 0 aromatic heterocycles. The Labute approximate surface area is 187 Å². The van der Waals surface area contributed by atoms with Crippen LogP contribution in [0.4, 0.5) is 0 Å². The van der Waals surface area contributed by atoms with Gasteiger partial charge in [-0.2, -0.15) is 5.26 Å². The molecule has 3 rings (SSSR count). The van der Waals surface area contributed by atoms with E-state index in [2.05, 4.69) is 0 Å². The molecule has 0 fully saturated rings. The third kappa shape index (κ3) is 3.95. The van der Waals surface area contributed by atoms with Crippen molar-refractivity contribution < 1.29 is 23.8 Å². The molecule has 0 saturated heterocycles. The minimum atomic E-state index is -0.603. The van der Waals surface area contributed by atoms with Gasteiger partial charge in [-0.3, -0.25) is 14.5 Å². The highest BCUT2D eigenvalue weighted by atomic mass is 16.5. The van der Waals surface area contributed by atoms with Gasteiger partial charge in [0.1, 0.15) is 11.6 Å². The van der Waals surface area contributed by atoms with Crippen molar-refractivity contribution in [2.45, 2.75) is 19.9 Å². The highest BCUT2D eigenvalue weighted by Crippen LogP contribution is 2.40. The molecule has 0 aliphatic carbocycles. The molecule has 2 aromatic rings. The van der Waals surface area contributed by atoms with Crippen LogP contribution >= 0.6 is 0 Å². The molecule has 1 unspecified atom stereocenters. The maximum absolute atomic E-state index is 13.5. The van der Waals surface area contributed by atoms with Gasteiger partial charge in [-0.05, 0) is 48.8 Å². The van der Waals surface area contributed by atoms with Crippen LogP contribution in [0.1, 0.15) is 31.0 Å². The number of nitriles is 1. The van der Waals surface area contributed by atoms with Gasteiger partial charge in [-0.25, -0.2) is 0 Å². The summed E-state index contributed by atoms with van der Waals surface area (Å²) in [5.41, 5.74) is 1.90. The first-order chi connectivity index (χ1) is 15.4. The first-order valence-corrected chi connectivity index (χ1v) is 9.93. The van der Waals surface area contributed by atoms with E-state index in [1.54, 1.807) is 32.1 Å². The molecule has 1 aliphatic rings. The van der Waals surface area contributed by atoms with Gasteiger partial charge < -0.3 is 14.2 Å². The standard InChI is InChI=1S/C25H24N2O5/c1-15-19(11-17-12-21(30-3)23(32-5)22(13-17)31-4)24(28)27(25(29)20(15)14-26)16(2)18-9-7-6-8-10-18/h6-13,16H,1-5H3/b19-11+. The van der Waals surface area contributed by atoms with E-state index in [-0.39, 0.29) is 11.1 Å². The number of amides is 2. The fourth-order valence-corrected chi connectivity index (χ4v) is 3.68. The summed E-state index contributed by atoms with van der Waals surface area (Å²) in [4.78, 5) is 27.6. The zero-order valence-corrected chi connectivity index (χ0v) is 18.6. The topological polar surface area (TPSA) is 88.9 Å². The molecule has 1 atom stereocenters. The summed E-state index contributed by atoms with van der Waals surface area (Å²) in [6, 6.07) is 14.0. The summed E-state index contributed by atoms with van der Waals surface area (Å²) in [6.45, 7) is 3.36. The van der Waals surface area contributed by atoms with Crippen LogP contribution in [0.3, 0.4) is 0 Å². The van der Waals surface area contributed by atoms with Crippen molar-refractivity contribution in [2.24, 2.45) is 0 Å². The molecule has 0 N–H and O–H groups in total. The zero-order chi connectivity index (χ0) is 23.4. The lowest BCUT2D eigenvalue weighted by molar-refractivity contribution is -0.143. The van der Waals surface area contributed by atoms with Gasteiger partial charge in [-0.15, -0.1) is 0 Å². The van der Waals surface area contributed by atoms with E-state index in [1.807, 2.05) is 36.4 Å². The molecule has 0 radical (unpaired) electrons. The summed E-state index contributed by atoms with van der Waals surface area (Å²) in [6.07, 6.45) is 1.62. The number of methoxy groups -OCH3 is 3. The number of hydrogen-bond acceptors (Lipinski definition) is 6. The van der Waals surface area contributed by atoms with Crippen LogP contribution in [0.2, 0.25) is 0 Å². The molecule has 0 saturated carbocycles.